The monoisotopic (exact) mass is 352 g/mol. The van der Waals surface area contributed by atoms with E-state index in [1.54, 1.807) is 36.8 Å². The third-order valence-corrected chi connectivity index (χ3v) is 3.32. The minimum Gasteiger partial charge on any atom is -0.490 e. The molecule has 0 radical (unpaired) electrons. The number of rotatable bonds is 5. The Balaban J connectivity index is 1.92. The highest BCUT2D eigenvalue weighted by Gasteiger charge is 2.33. The van der Waals surface area contributed by atoms with Crippen LogP contribution in [-0.2, 0) is 4.74 Å². The van der Waals surface area contributed by atoms with Gasteiger partial charge >= 0.3 is 6.36 Å². The van der Waals surface area contributed by atoms with Crippen LogP contribution in [0.4, 0.5) is 13.2 Å². The summed E-state index contributed by atoms with van der Waals surface area (Å²) in [5.41, 5.74) is 0.638. The van der Waals surface area contributed by atoms with Crippen LogP contribution in [0.15, 0.2) is 60.8 Å². The van der Waals surface area contributed by atoms with Gasteiger partial charge in [-0.25, -0.2) is 0 Å². The fourth-order valence-electron chi connectivity index (χ4n) is 2.30. The van der Waals surface area contributed by atoms with Crippen molar-refractivity contribution in [3.63, 3.8) is 0 Å². The molecule has 1 atom stereocenters. The van der Waals surface area contributed by atoms with Crippen LogP contribution < -0.4 is 14.8 Å². The fourth-order valence-corrected chi connectivity index (χ4v) is 2.30. The molecule has 0 amide bonds. The quantitative estimate of drug-likeness (QED) is 0.892. The molecule has 0 fully saturated rings. The Morgan fingerprint density at radius 2 is 1.92 bits per heavy atom. The van der Waals surface area contributed by atoms with E-state index >= 15 is 0 Å². The molecule has 1 aromatic heterocycles. The zero-order valence-electron chi connectivity index (χ0n) is 13.0. The third-order valence-electron chi connectivity index (χ3n) is 3.32. The van der Waals surface area contributed by atoms with E-state index < -0.39 is 18.2 Å². The number of halogens is 3. The second kappa shape index (κ2) is 7.33. The van der Waals surface area contributed by atoms with Gasteiger partial charge in [-0.3, -0.25) is 4.98 Å². The summed E-state index contributed by atoms with van der Waals surface area (Å²) in [6.07, 6.45) is -0.786. The number of nitrogens with zero attached hydrogens (tertiary/aromatic N) is 1. The van der Waals surface area contributed by atoms with Crippen LogP contribution in [0.3, 0.4) is 0 Å². The van der Waals surface area contributed by atoms with E-state index in [1.165, 1.54) is 18.2 Å². The predicted octanol–water partition coefficient (Wildman–Crippen LogP) is 3.56. The number of ether oxygens (including phenoxy) is 3. The van der Waals surface area contributed by atoms with Gasteiger partial charge in [0.1, 0.15) is 6.61 Å². The summed E-state index contributed by atoms with van der Waals surface area (Å²) < 4.78 is 53.3. The van der Waals surface area contributed by atoms with Crippen LogP contribution in [0, 0.1) is 0 Å². The molecule has 1 unspecified atom stereocenters. The molecule has 2 heterocycles. The number of hydrogen-bond donors (Lipinski definition) is 1. The van der Waals surface area contributed by atoms with Gasteiger partial charge in [-0.15, -0.1) is 13.2 Å². The molecule has 8 heteroatoms. The van der Waals surface area contributed by atoms with Gasteiger partial charge in [0.15, 0.2) is 23.4 Å². The van der Waals surface area contributed by atoms with Gasteiger partial charge in [-0.05, 0) is 18.2 Å². The van der Waals surface area contributed by atoms with Crippen LogP contribution in [-0.4, -0.2) is 24.5 Å². The van der Waals surface area contributed by atoms with E-state index in [4.69, 9.17) is 9.47 Å². The Labute approximate surface area is 142 Å². The van der Waals surface area contributed by atoms with Gasteiger partial charge in [-0.1, -0.05) is 18.2 Å². The first-order valence-electron chi connectivity index (χ1n) is 7.50. The number of pyridine rings is 1. The summed E-state index contributed by atoms with van der Waals surface area (Å²) in [7, 11) is 0. The van der Waals surface area contributed by atoms with Crippen molar-refractivity contribution in [2.75, 3.05) is 13.2 Å². The lowest BCUT2D eigenvalue weighted by molar-refractivity contribution is -0.275. The smallest absolute Gasteiger partial charge is 0.490 e. The maximum absolute atomic E-state index is 12.6. The van der Waals surface area contributed by atoms with Crippen molar-refractivity contribution in [2.24, 2.45) is 0 Å². The lowest BCUT2D eigenvalue weighted by Crippen LogP contribution is -2.25. The zero-order valence-corrected chi connectivity index (χ0v) is 13.0. The van der Waals surface area contributed by atoms with E-state index in [1.807, 2.05) is 0 Å². The zero-order chi connectivity index (χ0) is 17.7. The lowest BCUT2D eigenvalue weighted by atomic mass is 10.1. The first-order valence-corrected chi connectivity index (χ1v) is 7.50. The van der Waals surface area contributed by atoms with E-state index in [0.717, 1.165) is 0 Å². The fraction of sp³-hybridized carbons (Fsp3) is 0.235. The van der Waals surface area contributed by atoms with Crippen LogP contribution >= 0.6 is 0 Å². The maximum atomic E-state index is 12.6. The minimum atomic E-state index is -4.81. The molecule has 0 bridgehead atoms. The largest absolute Gasteiger partial charge is 0.573 e. The molecule has 1 aromatic carbocycles. The molecular weight excluding hydrogens is 337 g/mol. The summed E-state index contributed by atoms with van der Waals surface area (Å²) in [5.74, 6) is -0.0296. The Bertz CT molecular complexity index is 735. The first-order chi connectivity index (χ1) is 12.0. The molecule has 132 valence electrons. The summed E-state index contributed by atoms with van der Waals surface area (Å²) in [6, 6.07) is 9.06. The van der Waals surface area contributed by atoms with Crippen molar-refractivity contribution in [1.29, 1.82) is 0 Å². The number of hydrogen-bond acceptors (Lipinski definition) is 5. The Morgan fingerprint density at radius 1 is 1.12 bits per heavy atom. The normalized spacial score (nSPS) is 15.4. The van der Waals surface area contributed by atoms with E-state index in [-0.39, 0.29) is 5.75 Å². The average molecular weight is 352 g/mol. The van der Waals surface area contributed by atoms with Crippen LogP contribution in [0.25, 0.3) is 0 Å². The minimum absolute atomic E-state index is 0.0521. The number of para-hydroxylation sites is 2. The Kier molecular flexibility index (Phi) is 4.97. The van der Waals surface area contributed by atoms with Crippen molar-refractivity contribution >= 4 is 0 Å². The number of nitrogens with one attached hydrogen (secondary N) is 1. The summed E-state index contributed by atoms with van der Waals surface area (Å²) >= 11 is 0. The molecule has 0 saturated carbocycles. The molecule has 0 saturated heterocycles. The topological polar surface area (TPSA) is 52.6 Å². The first kappa shape index (κ1) is 16.9. The number of alkyl halides is 3. The average Bonchev–Trinajstić information content (AvgIpc) is 2.61. The molecule has 2 aromatic rings. The second-order valence-corrected chi connectivity index (χ2v) is 5.13. The summed E-state index contributed by atoms with van der Waals surface area (Å²) in [4.78, 5) is 4.03. The van der Waals surface area contributed by atoms with Crippen molar-refractivity contribution < 1.29 is 27.4 Å². The van der Waals surface area contributed by atoms with Crippen molar-refractivity contribution in [3.05, 3.63) is 66.3 Å². The van der Waals surface area contributed by atoms with E-state index in [2.05, 4.69) is 15.0 Å². The standard InChI is InChI=1S/C17H15F3N2O3/c18-17(19,20)25-14-6-2-1-5-13(14)24-16(12-4-3-7-21-10-12)15-11-22-8-9-23-15/h1-7,10-11,16,22H,8-9H2. The number of benzene rings is 1. The Hall–Kier alpha value is -2.90. The van der Waals surface area contributed by atoms with Crippen LogP contribution in [0.1, 0.15) is 11.7 Å². The molecule has 3 rings (SSSR count). The Morgan fingerprint density at radius 3 is 2.56 bits per heavy atom. The van der Waals surface area contributed by atoms with Gasteiger partial charge in [0.2, 0.25) is 0 Å². The lowest BCUT2D eigenvalue weighted by Gasteiger charge is -2.26. The highest BCUT2D eigenvalue weighted by Crippen LogP contribution is 2.37. The highest BCUT2D eigenvalue weighted by atomic mass is 19.4. The van der Waals surface area contributed by atoms with Crippen molar-refractivity contribution in [3.8, 4) is 11.5 Å². The molecule has 0 spiro atoms. The van der Waals surface area contributed by atoms with Crippen LogP contribution in [0.2, 0.25) is 0 Å². The molecule has 1 aliphatic heterocycles. The van der Waals surface area contributed by atoms with Gasteiger partial charge in [0.05, 0.1) is 0 Å². The summed E-state index contributed by atoms with van der Waals surface area (Å²) in [5, 5.41) is 3.03. The van der Waals surface area contributed by atoms with Gasteiger partial charge in [0.25, 0.3) is 0 Å². The molecule has 0 aliphatic carbocycles. The molecule has 25 heavy (non-hydrogen) atoms. The molecule has 5 nitrogen and oxygen atoms in total. The van der Waals surface area contributed by atoms with Crippen molar-refractivity contribution in [2.45, 2.75) is 12.5 Å². The SMILES string of the molecule is FC(F)(F)Oc1ccccc1OC(C1=CNCCO1)c1cccnc1. The maximum Gasteiger partial charge on any atom is 0.573 e. The van der Waals surface area contributed by atoms with Gasteiger partial charge in [-0.2, -0.15) is 0 Å². The highest BCUT2D eigenvalue weighted by molar-refractivity contribution is 5.41. The van der Waals surface area contributed by atoms with E-state index in [0.29, 0.717) is 24.5 Å². The second-order valence-electron chi connectivity index (χ2n) is 5.13. The molecular formula is C17H15F3N2O3. The van der Waals surface area contributed by atoms with E-state index in [9.17, 15) is 13.2 Å². The van der Waals surface area contributed by atoms with Crippen LogP contribution in [0.5, 0.6) is 11.5 Å². The third kappa shape index (κ3) is 4.56. The van der Waals surface area contributed by atoms with Crippen molar-refractivity contribution in [1.82, 2.24) is 10.3 Å². The molecule has 1 aliphatic rings. The number of aromatic nitrogens is 1. The van der Waals surface area contributed by atoms with Gasteiger partial charge in [0, 0.05) is 30.7 Å². The predicted molar refractivity (Wildman–Crippen MR) is 82.8 cm³/mol. The molecule has 1 N–H and O–H groups in total. The van der Waals surface area contributed by atoms with Gasteiger partial charge < -0.3 is 19.5 Å². The summed E-state index contributed by atoms with van der Waals surface area (Å²) in [6.45, 7) is 1.06.